The van der Waals surface area contributed by atoms with Gasteiger partial charge in [-0.1, -0.05) is 6.58 Å². The Hall–Kier alpha value is -3.29. The van der Waals surface area contributed by atoms with Crippen LogP contribution in [0.1, 0.15) is 67.8 Å². The van der Waals surface area contributed by atoms with E-state index >= 15 is 0 Å². The van der Waals surface area contributed by atoms with Crippen LogP contribution in [0.15, 0.2) is 36.9 Å². The second kappa shape index (κ2) is 10.1. The van der Waals surface area contributed by atoms with Gasteiger partial charge in [-0.3, -0.25) is 9.59 Å². The van der Waals surface area contributed by atoms with Crippen molar-refractivity contribution < 1.29 is 14.3 Å². The van der Waals surface area contributed by atoms with Gasteiger partial charge in [0, 0.05) is 18.7 Å². The number of rotatable bonds is 6. The molecular formula is C25H33N5O3. The van der Waals surface area contributed by atoms with E-state index in [4.69, 9.17) is 21.3 Å². The molecule has 1 aliphatic carbocycles. The number of likely N-dealkylation sites (tertiary alicyclic amines) is 1. The summed E-state index contributed by atoms with van der Waals surface area (Å²) in [5.41, 5.74) is 13.6. The smallest absolute Gasteiger partial charge is 0.254 e. The minimum absolute atomic E-state index is 0.0364. The number of nitrogens with two attached hydrogens (primary N) is 2. The highest BCUT2D eigenvalue weighted by molar-refractivity contribution is 6.03. The van der Waals surface area contributed by atoms with Crippen molar-refractivity contribution in [2.45, 2.75) is 63.5 Å². The molecule has 8 nitrogen and oxygen atoms in total. The predicted molar refractivity (Wildman–Crippen MR) is 128 cm³/mol. The van der Waals surface area contributed by atoms with Gasteiger partial charge in [-0.05, 0) is 81.7 Å². The third-order valence-electron chi connectivity index (χ3n) is 6.69. The lowest BCUT2D eigenvalue weighted by molar-refractivity contribution is -0.126. The molecule has 2 aliphatic rings. The molecule has 0 spiro atoms. The van der Waals surface area contributed by atoms with E-state index in [0.29, 0.717) is 24.6 Å². The molecule has 0 unspecified atom stereocenters. The van der Waals surface area contributed by atoms with E-state index in [-0.39, 0.29) is 23.6 Å². The molecule has 0 radical (unpaired) electrons. The van der Waals surface area contributed by atoms with Crippen LogP contribution in [-0.4, -0.2) is 45.7 Å². The van der Waals surface area contributed by atoms with Gasteiger partial charge in [-0.15, -0.1) is 0 Å². The first kappa shape index (κ1) is 22.9. The lowest BCUT2D eigenvalue weighted by atomic mass is 10.0. The molecule has 1 aliphatic heterocycles. The Balaban J connectivity index is 1.54. The number of hydrogen-bond donors (Lipinski definition) is 2. The SMILES string of the molecule is C=CC(=O)N1CCCC(n2nc(-c3ccc(OC4CCCC4)cc3)c(C(N)=O)c2N)CCC1. The van der Waals surface area contributed by atoms with Crippen LogP contribution in [0.25, 0.3) is 11.3 Å². The van der Waals surface area contributed by atoms with Gasteiger partial charge in [-0.25, -0.2) is 4.68 Å². The largest absolute Gasteiger partial charge is 0.490 e. The molecule has 4 N–H and O–H groups in total. The van der Waals surface area contributed by atoms with Gasteiger partial charge in [0.1, 0.15) is 22.8 Å². The predicted octanol–water partition coefficient (Wildman–Crippen LogP) is 3.68. The van der Waals surface area contributed by atoms with E-state index in [1.165, 1.54) is 18.9 Å². The Morgan fingerprint density at radius 1 is 1.03 bits per heavy atom. The Labute approximate surface area is 194 Å². The van der Waals surface area contributed by atoms with Gasteiger partial charge in [0.2, 0.25) is 5.91 Å². The number of aromatic nitrogens is 2. The fourth-order valence-corrected chi connectivity index (χ4v) is 4.95. The molecule has 1 aromatic carbocycles. The maximum Gasteiger partial charge on any atom is 0.254 e. The number of carbonyl (C=O) groups excluding carboxylic acids is 2. The van der Waals surface area contributed by atoms with Crippen LogP contribution in [0.3, 0.4) is 0 Å². The van der Waals surface area contributed by atoms with Crippen molar-refractivity contribution in [3.8, 4) is 17.0 Å². The molecule has 2 fully saturated rings. The van der Waals surface area contributed by atoms with Crippen molar-refractivity contribution in [3.05, 3.63) is 42.5 Å². The highest BCUT2D eigenvalue weighted by atomic mass is 16.5. The molecule has 2 amide bonds. The number of nitrogens with zero attached hydrogens (tertiary/aromatic N) is 3. The van der Waals surface area contributed by atoms with Gasteiger partial charge in [-0.2, -0.15) is 5.10 Å². The van der Waals surface area contributed by atoms with Crippen molar-refractivity contribution in [3.63, 3.8) is 0 Å². The van der Waals surface area contributed by atoms with E-state index in [1.807, 2.05) is 29.2 Å². The molecule has 33 heavy (non-hydrogen) atoms. The molecule has 1 aromatic heterocycles. The zero-order valence-electron chi connectivity index (χ0n) is 19.0. The summed E-state index contributed by atoms with van der Waals surface area (Å²) in [6.07, 6.45) is 9.50. The summed E-state index contributed by atoms with van der Waals surface area (Å²) in [6, 6.07) is 7.67. The lowest BCUT2D eigenvalue weighted by Crippen LogP contribution is -2.33. The summed E-state index contributed by atoms with van der Waals surface area (Å²) in [7, 11) is 0. The lowest BCUT2D eigenvalue weighted by Gasteiger charge is -2.27. The van der Waals surface area contributed by atoms with Gasteiger partial charge >= 0.3 is 0 Å². The van der Waals surface area contributed by atoms with E-state index in [0.717, 1.165) is 49.8 Å². The van der Waals surface area contributed by atoms with Crippen LogP contribution in [0, 0.1) is 0 Å². The number of primary amides is 1. The Morgan fingerprint density at radius 3 is 2.24 bits per heavy atom. The summed E-state index contributed by atoms with van der Waals surface area (Å²) in [4.78, 5) is 26.1. The molecule has 8 heteroatoms. The minimum atomic E-state index is -0.589. The van der Waals surface area contributed by atoms with Crippen LogP contribution in [0.4, 0.5) is 5.82 Å². The van der Waals surface area contributed by atoms with Crippen molar-refractivity contribution in [1.29, 1.82) is 0 Å². The molecule has 2 aromatic rings. The van der Waals surface area contributed by atoms with Gasteiger partial charge < -0.3 is 21.1 Å². The Morgan fingerprint density at radius 2 is 1.67 bits per heavy atom. The average Bonchev–Trinajstić information content (AvgIpc) is 3.41. The standard InChI is InChI=1S/C25H33N5O3/c1-2-21(31)29-15-5-7-18(8-6-16-29)30-24(26)22(25(27)32)23(28-30)17-11-13-20(14-12-17)33-19-9-3-4-10-19/h2,11-14,18-19H,1,3-10,15-16,26H2,(H2,27,32). The van der Waals surface area contributed by atoms with Crippen molar-refractivity contribution >= 4 is 17.6 Å². The first-order chi connectivity index (χ1) is 16.0. The van der Waals surface area contributed by atoms with Gasteiger partial charge in [0.05, 0.1) is 12.1 Å². The van der Waals surface area contributed by atoms with Crippen LogP contribution < -0.4 is 16.2 Å². The van der Waals surface area contributed by atoms with Crippen LogP contribution in [0.5, 0.6) is 5.75 Å². The maximum absolute atomic E-state index is 12.3. The number of ether oxygens (including phenoxy) is 1. The Kier molecular flexibility index (Phi) is 7.01. The second-order valence-electron chi connectivity index (χ2n) is 8.93. The van der Waals surface area contributed by atoms with Crippen LogP contribution in [-0.2, 0) is 4.79 Å². The summed E-state index contributed by atoms with van der Waals surface area (Å²) >= 11 is 0. The monoisotopic (exact) mass is 451 g/mol. The van der Waals surface area contributed by atoms with Gasteiger partial charge in [0.15, 0.2) is 0 Å². The van der Waals surface area contributed by atoms with Crippen LogP contribution in [0.2, 0.25) is 0 Å². The maximum atomic E-state index is 12.3. The second-order valence-corrected chi connectivity index (χ2v) is 8.93. The highest BCUT2D eigenvalue weighted by Gasteiger charge is 2.27. The number of hydrogen-bond acceptors (Lipinski definition) is 5. The number of anilines is 1. The summed E-state index contributed by atoms with van der Waals surface area (Å²) < 4.78 is 7.80. The third kappa shape index (κ3) is 5.05. The molecule has 4 rings (SSSR count). The third-order valence-corrected chi connectivity index (χ3v) is 6.69. The molecule has 1 saturated heterocycles. The fourth-order valence-electron chi connectivity index (χ4n) is 4.95. The van der Waals surface area contributed by atoms with Crippen molar-refractivity contribution in [2.24, 2.45) is 5.73 Å². The summed E-state index contributed by atoms with van der Waals surface area (Å²) in [5.74, 6) is 0.491. The van der Waals surface area contributed by atoms with E-state index in [1.54, 1.807) is 4.68 Å². The average molecular weight is 452 g/mol. The molecule has 1 saturated carbocycles. The van der Waals surface area contributed by atoms with Crippen molar-refractivity contribution in [1.82, 2.24) is 14.7 Å². The Bertz CT molecular complexity index is 998. The molecule has 176 valence electrons. The molecule has 0 atom stereocenters. The van der Waals surface area contributed by atoms with E-state index in [9.17, 15) is 9.59 Å². The first-order valence-corrected chi connectivity index (χ1v) is 11.8. The zero-order valence-corrected chi connectivity index (χ0v) is 19.0. The summed E-state index contributed by atoms with van der Waals surface area (Å²) in [6.45, 7) is 4.91. The normalized spacial score (nSPS) is 18.0. The minimum Gasteiger partial charge on any atom is -0.490 e. The first-order valence-electron chi connectivity index (χ1n) is 11.8. The topological polar surface area (TPSA) is 116 Å². The van der Waals surface area contributed by atoms with E-state index < -0.39 is 5.91 Å². The number of amides is 2. The fraction of sp³-hybridized carbons (Fsp3) is 0.480. The van der Waals surface area contributed by atoms with Crippen LogP contribution >= 0.6 is 0 Å². The summed E-state index contributed by atoms with van der Waals surface area (Å²) in [5, 5.41) is 4.75. The molecule has 2 heterocycles. The van der Waals surface area contributed by atoms with E-state index in [2.05, 4.69) is 6.58 Å². The van der Waals surface area contributed by atoms with Gasteiger partial charge in [0.25, 0.3) is 5.91 Å². The number of benzene rings is 1. The molecular weight excluding hydrogens is 418 g/mol. The number of nitrogen functional groups attached to an aromatic ring is 1. The van der Waals surface area contributed by atoms with Crippen molar-refractivity contribution in [2.75, 3.05) is 18.8 Å². The quantitative estimate of drug-likeness (QED) is 0.650. The number of carbonyl (C=O) groups is 2. The molecule has 0 bridgehead atoms. The highest BCUT2D eigenvalue weighted by Crippen LogP contribution is 2.34. The zero-order chi connectivity index (χ0) is 23.4.